The number of rotatable bonds is 6. The molecule has 2 aromatic carbocycles. The summed E-state index contributed by atoms with van der Waals surface area (Å²) in [5, 5.41) is 3.94. The van der Waals surface area contributed by atoms with E-state index >= 15 is 0 Å². The van der Waals surface area contributed by atoms with Gasteiger partial charge in [-0.2, -0.15) is 0 Å². The Balaban J connectivity index is 1.80. The van der Waals surface area contributed by atoms with Crippen molar-refractivity contribution in [2.75, 3.05) is 11.5 Å². The van der Waals surface area contributed by atoms with Crippen LogP contribution in [0.25, 0.3) is 0 Å². The number of benzene rings is 2. The van der Waals surface area contributed by atoms with Crippen LogP contribution in [0.3, 0.4) is 0 Å². The smallest absolute Gasteiger partial charge is 0.265 e. The summed E-state index contributed by atoms with van der Waals surface area (Å²) >= 11 is 0. The Morgan fingerprint density at radius 3 is 2.58 bits per heavy atom. The number of nitrogens with zero attached hydrogens (tertiary/aromatic N) is 2. The number of carbonyl (C=O) groups is 1. The first kappa shape index (κ1) is 17.7. The van der Waals surface area contributed by atoms with E-state index < -0.39 is 5.82 Å². The van der Waals surface area contributed by atoms with E-state index in [0.29, 0.717) is 18.1 Å². The first-order chi connectivity index (χ1) is 12.5. The summed E-state index contributed by atoms with van der Waals surface area (Å²) in [4.78, 5) is 14.4. The van der Waals surface area contributed by atoms with Crippen LogP contribution in [0.15, 0.2) is 59.1 Å². The largest absolute Gasteiger partial charge is 0.484 e. The van der Waals surface area contributed by atoms with Gasteiger partial charge < -0.3 is 14.2 Å². The average Bonchev–Trinajstić information content (AvgIpc) is 2.96. The average molecular weight is 354 g/mol. The van der Waals surface area contributed by atoms with Crippen molar-refractivity contribution in [3.05, 3.63) is 77.4 Å². The van der Waals surface area contributed by atoms with Crippen LogP contribution in [-0.4, -0.2) is 17.7 Å². The van der Waals surface area contributed by atoms with Crippen molar-refractivity contribution < 1.29 is 18.4 Å². The van der Waals surface area contributed by atoms with Crippen LogP contribution in [0.1, 0.15) is 17.0 Å². The first-order valence-corrected chi connectivity index (χ1v) is 8.20. The Bertz CT molecular complexity index is 874. The highest BCUT2D eigenvalue weighted by Gasteiger charge is 2.21. The lowest BCUT2D eigenvalue weighted by molar-refractivity contribution is -0.120. The number of hydrogen-bond donors (Lipinski definition) is 0. The molecule has 6 heteroatoms. The molecule has 0 spiro atoms. The van der Waals surface area contributed by atoms with Gasteiger partial charge in [-0.3, -0.25) is 4.79 Å². The summed E-state index contributed by atoms with van der Waals surface area (Å²) < 4.78 is 23.9. The molecule has 0 bridgehead atoms. The number of ether oxygens (including phenoxy) is 1. The molecule has 1 amide bonds. The molecule has 1 aromatic heterocycles. The second kappa shape index (κ2) is 7.82. The quantitative estimate of drug-likeness (QED) is 0.670. The SMILES string of the molecule is Cc1noc(C)c1CN(C(=O)COc1cccc(F)c1)c1ccccc1. The third-order valence-electron chi connectivity index (χ3n) is 4.02. The highest BCUT2D eigenvalue weighted by molar-refractivity contribution is 5.94. The third-order valence-corrected chi connectivity index (χ3v) is 4.02. The predicted octanol–water partition coefficient (Wildman–Crippen LogP) is 4.04. The number of carbonyl (C=O) groups excluding carboxylic acids is 1. The molecule has 0 aliphatic heterocycles. The van der Waals surface area contributed by atoms with Crippen molar-refractivity contribution >= 4 is 11.6 Å². The molecule has 0 saturated carbocycles. The van der Waals surface area contributed by atoms with E-state index in [1.807, 2.05) is 44.2 Å². The Hall–Kier alpha value is -3.15. The second-order valence-electron chi connectivity index (χ2n) is 5.86. The molecule has 1 heterocycles. The van der Waals surface area contributed by atoms with Gasteiger partial charge in [0, 0.05) is 17.3 Å². The Morgan fingerprint density at radius 2 is 1.92 bits per heavy atom. The summed E-state index contributed by atoms with van der Waals surface area (Å²) in [5.41, 5.74) is 2.33. The molecule has 0 aliphatic carbocycles. The molecule has 0 radical (unpaired) electrons. The van der Waals surface area contributed by atoms with Crippen molar-refractivity contribution in [3.8, 4) is 5.75 Å². The number of para-hydroxylation sites is 1. The van der Waals surface area contributed by atoms with E-state index in [-0.39, 0.29) is 12.5 Å². The van der Waals surface area contributed by atoms with Gasteiger partial charge in [0.15, 0.2) is 6.61 Å². The highest BCUT2D eigenvalue weighted by Crippen LogP contribution is 2.21. The zero-order valence-electron chi connectivity index (χ0n) is 14.6. The second-order valence-corrected chi connectivity index (χ2v) is 5.86. The van der Waals surface area contributed by atoms with Crippen LogP contribution < -0.4 is 9.64 Å². The molecule has 26 heavy (non-hydrogen) atoms. The van der Waals surface area contributed by atoms with Crippen LogP contribution in [-0.2, 0) is 11.3 Å². The Labute approximate surface area is 151 Å². The summed E-state index contributed by atoms with van der Waals surface area (Å²) in [6, 6.07) is 15.0. The van der Waals surface area contributed by atoms with E-state index in [0.717, 1.165) is 16.9 Å². The highest BCUT2D eigenvalue weighted by atomic mass is 19.1. The van der Waals surface area contributed by atoms with E-state index in [2.05, 4.69) is 5.16 Å². The van der Waals surface area contributed by atoms with Gasteiger partial charge in [0.1, 0.15) is 17.3 Å². The van der Waals surface area contributed by atoms with Crippen molar-refractivity contribution in [3.63, 3.8) is 0 Å². The van der Waals surface area contributed by atoms with Gasteiger partial charge in [0.2, 0.25) is 0 Å². The van der Waals surface area contributed by atoms with Gasteiger partial charge in [-0.15, -0.1) is 0 Å². The van der Waals surface area contributed by atoms with Gasteiger partial charge in [0.05, 0.1) is 12.2 Å². The molecule has 3 rings (SSSR count). The van der Waals surface area contributed by atoms with E-state index in [1.165, 1.54) is 18.2 Å². The van der Waals surface area contributed by atoms with Crippen LogP contribution >= 0.6 is 0 Å². The number of aryl methyl sites for hydroxylation is 2. The standard InChI is InChI=1S/C20H19FN2O3/c1-14-19(15(2)26-22-14)12-23(17-8-4-3-5-9-17)20(24)13-25-18-10-6-7-16(21)11-18/h3-11H,12-13H2,1-2H3. The van der Waals surface area contributed by atoms with Gasteiger partial charge in [-0.05, 0) is 38.1 Å². The number of hydrogen-bond acceptors (Lipinski definition) is 4. The molecule has 0 N–H and O–H groups in total. The van der Waals surface area contributed by atoms with Crippen LogP contribution in [0.5, 0.6) is 5.75 Å². The fourth-order valence-corrected chi connectivity index (χ4v) is 2.60. The molecular weight excluding hydrogens is 335 g/mol. The van der Waals surface area contributed by atoms with Gasteiger partial charge >= 0.3 is 0 Å². The predicted molar refractivity (Wildman–Crippen MR) is 95.5 cm³/mol. The summed E-state index contributed by atoms with van der Waals surface area (Å²) in [7, 11) is 0. The molecule has 5 nitrogen and oxygen atoms in total. The van der Waals surface area contributed by atoms with Crippen molar-refractivity contribution in [2.45, 2.75) is 20.4 Å². The molecular formula is C20H19FN2O3. The zero-order valence-corrected chi connectivity index (χ0v) is 14.6. The van der Waals surface area contributed by atoms with E-state index in [1.54, 1.807) is 11.0 Å². The summed E-state index contributed by atoms with van der Waals surface area (Å²) in [6.45, 7) is 3.76. The maximum Gasteiger partial charge on any atom is 0.265 e. The van der Waals surface area contributed by atoms with Crippen LogP contribution in [0, 0.1) is 19.7 Å². The van der Waals surface area contributed by atoms with Crippen molar-refractivity contribution in [1.82, 2.24) is 5.16 Å². The summed E-state index contributed by atoms with van der Waals surface area (Å²) in [6.07, 6.45) is 0. The fourth-order valence-electron chi connectivity index (χ4n) is 2.60. The monoisotopic (exact) mass is 354 g/mol. The molecule has 0 aliphatic rings. The topological polar surface area (TPSA) is 55.6 Å². The minimum atomic E-state index is -0.411. The minimum absolute atomic E-state index is 0.207. The van der Waals surface area contributed by atoms with Crippen molar-refractivity contribution in [2.24, 2.45) is 0 Å². The first-order valence-electron chi connectivity index (χ1n) is 8.20. The normalized spacial score (nSPS) is 10.6. The molecule has 0 fully saturated rings. The van der Waals surface area contributed by atoms with Gasteiger partial charge in [-0.25, -0.2) is 4.39 Å². The van der Waals surface area contributed by atoms with Crippen molar-refractivity contribution in [1.29, 1.82) is 0 Å². The molecule has 0 saturated heterocycles. The minimum Gasteiger partial charge on any atom is -0.484 e. The number of amides is 1. The molecule has 0 unspecified atom stereocenters. The molecule has 134 valence electrons. The van der Waals surface area contributed by atoms with Gasteiger partial charge in [0.25, 0.3) is 5.91 Å². The maximum atomic E-state index is 13.3. The third kappa shape index (κ3) is 4.08. The number of aromatic nitrogens is 1. The maximum absolute atomic E-state index is 13.3. The number of halogens is 1. The molecule has 3 aromatic rings. The Morgan fingerprint density at radius 1 is 1.15 bits per heavy atom. The Kier molecular flexibility index (Phi) is 5.31. The van der Waals surface area contributed by atoms with E-state index in [9.17, 15) is 9.18 Å². The lowest BCUT2D eigenvalue weighted by Gasteiger charge is -2.23. The lowest BCUT2D eigenvalue weighted by atomic mass is 10.1. The molecule has 0 atom stereocenters. The zero-order chi connectivity index (χ0) is 18.5. The lowest BCUT2D eigenvalue weighted by Crippen LogP contribution is -2.34. The summed E-state index contributed by atoms with van der Waals surface area (Å²) in [5.74, 6) is 0.317. The number of anilines is 1. The van der Waals surface area contributed by atoms with Crippen LogP contribution in [0.4, 0.5) is 10.1 Å². The fraction of sp³-hybridized carbons (Fsp3) is 0.200. The van der Waals surface area contributed by atoms with Gasteiger partial charge in [-0.1, -0.05) is 29.4 Å². The van der Waals surface area contributed by atoms with E-state index in [4.69, 9.17) is 9.26 Å². The van der Waals surface area contributed by atoms with Crippen LogP contribution in [0.2, 0.25) is 0 Å².